The van der Waals surface area contributed by atoms with Gasteiger partial charge >= 0.3 is 0 Å². The summed E-state index contributed by atoms with van der Waals surface area (Å²) in [4.78, 5) is 14.0. The second kappa shape index (κ2) is 7.86. The first-order valence-corrected chi connectivity index (χ1v) is 7.92. The van der Waals surface area contributed by atoms with E-state index in [1.165, 1.54) is 5.56 Å². The summed E-state index contributed by atoms with van der Waals surface area (Å²) in [6, 6.07) is 11.8. The van der Waals surface area contributed by atoms with E-state index in [4.69, 9.17) is 10.2 Å². The van der Waals surface area contributed by atoms with Crippen molar-refractivity contribution in [2.45, 2.75) is 39.2 Å². The average molecular weight is 351 g/mol. The van der Waals surface area contributed by atoms with E-state index in [2.05, 4.69) is 32.9 Å². The van der Waals surface area contributed by atoms with Gasteiger partial charge in [0, 0.05) is 25.2 Å². The molecule has 0 spiro atoms. The predicted octanol–water partition coefficient (Wildman–Crippen LogP) is 4.09. The Bertz CT molecular complexity index is 671. The molecule has 2 aromatic rings. The normalized spacial score (nSPS) is 12.4. The second-order valence-corrected chi connectivity index (χ2v) is 6.99. The summed E-state index contributed by atoms with van der Waals surface area (Å²) in [6.45, 7) is 8.87. The molecule has 2 rings (SSSR count). The lowest BCUT2D eigenvalue weighted by Crippen LogP contribution is -2.39. The SMILES string of the molecule is CC(CN)N(C)C(=O)c1ccc(-c2ccc(C(C)(C)C)cc2)o1.Cl. The van der Waals surface area contributed by atoms with Crippen LogP contribution in [0.2, 0.25) is 0 Å². The third-order valence-corrected chi connectivity index (χ3v) is 4.17. The molecule has 2 N–H and O–H groups in total. The molecule has 0 aliphatic rings. The van der Waals surface area contributed by atoms with Crippen LogP contribution in [-0.4, -0.2) is 30.4 Å². The molecule has 1 heterocycles. The number of carbonyl (C=O) groups is 1. The standard InChI is InChI=1S/C19H26N2O2.ClH/c1-13(12-20)21(5)18(22)17-11-10-16(23-17)14-6-8-15(9-7-14)19(2,3)4;/h6-11,13H,12,20H2,1-5H3;1H. The average Bonchev–Trinajstić information content (AvgIpc) is 3.02. The molecule has 24 heavy (non-hydrogen) atoms. The second-order valence-electron chi connectivity index (χ2n) is 6.99. The van der Waals surface area contributed by atoms with Crippen LogP contribution < -0.4 is 5.73 Å². The lowest BCUT2D eigenvalue weighted by molar-refractivity contribution is 0.0717. The van der Waals surface area contributed by atoms with Gasteiger partial charge in [-0.1, -0.05) is 45.0 Å². The third kappa shape index (κ3) is 4.40. The van der Waals surface area contributed by atoms with Crippen LogP contribution in [0.25, 0.3) is 11.3 Å². The van der Waals surface area contributed by atoms with Gasteiger partial charge in [0.1, 0.15) is 5.76 Å². The number of benzene rings is 1. The number of halogens is 1. The van der Waals surface area contributed by atoms with Crippen LogP contribution in [0, 0.1) is 0 Å². The Balaban J connectivity index is 0.00000288. The molecular weight excluding hydrogens is 324 g/mol. The molecule has 1 aromatic heterocycles. The quantitative estimate of drug-likeness (QED) is 0.903. The van der Waals surface area contributed by atoms with Crippen molar-refractivity contribution in [3.05, 3.63) is 47.7 Å². The van der Waals surface area contributed by atoms with Crippen molar-refractivity contribution in [1.29, 1.82) is 0 Å². The van der Waals surface area contributed by atoms with Crippen LogP contribution in [0.15, 0.2) is 40.8 Å². The van der Waals surface area contributed by atoms with Crippen LogP contribution in [0.5, 0.6) is 0 Å². The first-order chi connectivity index (χ1) is 10.7. The Kier molecular flexibility index (Phi) is 6.64. The molecule has 0 bridgehead atoms. The highest BCUT2D eigenvalue weighted by Crippen LogP contribution is 2.27. The molecule has 4 nitrogen and oxygen atoms in total. The van der Waals surface area contributed by atoms with Crippen LogP contribution in [0.4, 0.5) is 0 Å². The van der Waals surface area contributed by atoms with Gasteiger partial charge in [0.15, 0.2) is 5.76 Å². The molecule has 132 valence electrons. The smallest absolute Gasteiger partial charge is 0.289 e. The topological polar surface area (TPSA) is 59.5 Å². The largest absolute Gasteiger partial charge is 0.451 e. The maximum absolute atomic E-state index is 12.4. The van der Waals surface area contributed by atoms with Gasteiger partial charge in [0.25, 0.3) is 5.91 Å². The van der Waals surface area contributed by atoms with Crippen molar-refractivity contribution in [3.63, 3.8) is 0 Å². The lowest BCUT2D eigenvalue weighted by Gasteiger charge is -2.22. The molecule has 0 radical (unpaired) electrons. The Hall–Kier alpha value is -1.78. The van der Waals surface area contributed by atoms with Crippen molar-refractivity contribution in [2.75, 3.05) is 13.6 Å². The number of amides is 1. The van der Waals surface area contributed by atoms with E-state index in [0.717, 1.165) is 5.56 Å². The Morgan fingerprint density at radius 1 is 1.17 bits per heavy atom. The van der Waals surface area contributed by atoms with E-state index >= 15 is 0 Å². The zero-order valence-corrected chi connectivity index (χ0v) is 15.8. The summed E-state index contributed by atoms with van der Waals surface area (Å²) in [6.07, 6.45) is 0. The van der Waals surface area contributed by atoms with E-state index in [1.54, 1.807) is 18.0 Å². The van der Waals surface area contributed by atoms with Crippen molar-refractivity contribution < 1.29 is 9.21 Å². The molecule has 0 fully saturated rings. The Morgan fingerprint density at radius 3 is 2.25 bits per heavy atom. The molecular formula is C19H27ClN2O2. The lowest BCUT2D eigenvalue weighted by atomic mass is 9.86. The fraction of sp³-hybridized carbons (Fsp3) is 0.421. The number of hydrogen-bond acceptors (Lipinski definition) is 3. The molecule has 5 heteroatoms. The summed E-state index contributed by atoms with van der Waals surface area (Å²) in [5, 5.41) is 0. The highest BCUT2D eigenvalue weighted by atomic mass is 35.5. The summed E-state index contributed by atoms with van der Waals surface area (Å²) in [7, 11) is 1.74. The van der Waals surface area contributed by atoms with Crippen LogP contribution in [-0.2, 0) is 5.41 Å². The molecule has 0 saturated carbocycles. The maximum atomic E-state index is 12.4. The number of rotatable bonds is 4. The fourth-order valence-corrected chi connectivity index (χ4v) is 2.27. The predicted molar refractivity (Wildman–Crippen MR) is 101 cm³/mol. The zero-order chi connectivity index (χ0) is 17.2. The van der Waals surface area contributed by atoms with Gasteiger partial charge in [0.2, 0.25) is 0 Å². The first-order valence-electron chi connectivity index (χ1n) is 7.92. The molecule has 1 amide bonds. The van der Waals surface area contributed by atoms with Gasteiger partial charge in [-0.3, -0.25) is 4.79 Å². The number of hydrogen-bond donors (Lipinski definition) is 1. The van der Waals surface area contributed by atoms with Gasteiger partial charge in [-0.25, -0.2) is 0 Å². The highest BCUT2D eigenvalue weighted by Gasteiger charge is 2.20. The van der Waals surface area contributed by atoms with Crippen molar-refractivity contribution in [3.8, 4) is 11.3 Å². The minimum atomic E-state index is -0.152. The monoisotopic (exact) mass is 350 g/mol. The van der Waals surface area contributed by atoms with Gasteiger partial charge < -0.3 is 15.1 Å². The van der Waals surface area contributed by atoms with E-state index in [1.807, 2.05) is 25.1 Å². The number of nitrogens with zero attached hydrogens (tertiary/aromatic N) is 1. The van der Waals surface area contributed by atoms with Crippen LogP contribution >= 0.6 is 12.4 Å². The molecule has 0 aliphatic carbocycles. The van der Waals surface area contributed by atoms with Crippen LogP contribution in [0.1, 0.15) is 43.8 Å². The van der Waals surface area contributed by atoms with E-state index < -0.39 is 0 Å². The number of furan rings is 1. The maximum Gasteiger partial charge on any atom is 0.289 e. The highest BCUT2D eigenvalue weighted by molar-refractivity contribution is 5.92. The molecule has 0 aliphatic heterocycles. The van der Waals surface area contributed by atoms with Gasteiger partial charge in [-0.15, -0.1) is 12.4 Å². The third-order valence-electron chi connectivity index (χ3n) is 4.17. The Morgan fingerprint density at radius 2 is 1.75 bits per heavy atom. The number of carbonyl (C=O) groups excluding carboxylic acids is 1. The minimum Gasteiger partial charge on any atom is -0.451 e. The van der Waals surface area contributed by atoms with Crippen molar-refractivity contribution in [1.82, 2.24) is 4.90 Å². The number of likely N-dealkylation sites (N-methyl/N-ethyl adjacent to an activating group) is 1. The van der Waals surface area contributed by atoms with E-state index in [-0.39, 0.29) is 29.8 Å². The van der Waals surface area contributed by atoms with Crippen LogP contribution in [0.3, 0.4) is 0 Å². The minimum absolute atomic E-state index is 0. The van der Waals surface area contributed by atoms with Crippen molar-refractivity contribution in [2.24, 2.45) is 5.73 Å². The molecule has 0 saturated heterocycles. The zero-order valence-electron chi connectivity index (χ0n) is 15.0. The summed E-state index contributed by atoms with van der Waals surface area (Å²) < 4.78 is 5.74. The van der Waals surface area contributed by atoms with Crippen molar-refractivity contribution >= 4 is 18.3 Å². The van der Waals surface area contributed by atoms with Gasteiger partial charge in [-0.2, -0.15) is 0 Å². The molecule has 1 unspecified atom stereocenters. The number of nitrogens with two attached hydrogens (primary N) is 1. The Labute approximate surface area is 150 Å². The summed E-state index contributed by atoms with van der Waals surface area (Å²) >= 11 is 0. The van der Waals surface area contributed by atoms with Gasteiger partial charge in [0.05, 0.1) is 0 Å². The molecule has 1 aromatic carbocycles. The summed E-state index contributed by atoms with van der Waals surface area (Å²) in [5.74, 6) is 0.880. The van der Waals surface area contributed by atoms with E-state index in [0.29, 0.717) is 18.1 Å². The first kappa shape index (κ1) is 20.3. The van der Waals surface area contributed by atoms with Gasteiger partial charge in [-0.05, 0) is 30.0 Å². The molecule has 1 atom stereocenters. The summed E-state index contributed by atoms with van der Waals surface area (Å²) in [5.41, 5.74) is 7.95. The van der Waals surface area contributed by atoms with E-state index in [9.17, 15) is 4.79 Å². The fourth-order valence-electron chi connectivity index (χ4n) is 2.27.